The van der Waals surface area contributed by atoms with Crippen molar-refractivity contribution in [1.29, 1.82) is 0 Å². The lowest BCUT2D eigenvalue weighted by atomic mass is 10.2. The third kappa shape index (κ3) is 7.43. The van der Waals surface area contributed by atoms with Crippen LogP contribution in [0.2, 0.25) is 0 Å². The van der Waals surface area contributed by atoms with Crippen molar-refractivity contribution < 1.29 is 47.1 Å². The van der Waals surface area contributed by atoms with Crippen LogP contribution in [0.5, 0.6) is 11.5 Å². The molecule has 0 N–H and O–H groups in total. The smallest absolute Gasteiger partial charge is 0.330 e. The largest absolute Gasteiger partial charge is 1.00 e. The van der Waals surface area contributed by atoms with Gasteiger partial charge in [-0.1, -0.05) is 0 Å². The van der Waals surface area contributed by atoms with Crippen molar-refractivity contribution in [2.45, 2.75) is 20.3 Å². The van der Waals surface area contributed by atoms with Crippen LogP contribution in [0.4, 0.5) is 5.69 Å². The molecule has 0 amide bonds. The standard InChI is InChI=1S/C17H31NO5P.HI/c1-7-22-24(19,23-8-2)13-9-12-18(3,4)15-10-11-16(20-5)17(14-15)21-6;/h10-11,14H,7-9,12-13H2,1-6H3;1H/q+1;/p-1. The van der Waals surface area contributed by atoms with E-state index in [-0.39, 0.29) is 24.0 Å². The van der Waals surface area contributed by atoms with E-state index >= 15 is 0 Å². The van der Waals surface area contributed by atoms with Crippen LogP contribution in [0.25, 0.3) is 0 Å². The summed E-state index contributed by atoms with van der Waals surface area (Å²) in [4.78, 5) is 0. The van der Waals surface area contributed by atoms with Crippen molar-refractivity contribution in [2.24, 2.45) is 0 Å². The van der Waals surface area contributed by atoms with Crippen LogP contribution in [-0.2, 0) is 13.6 Å². The second kappa shape index (κ2) is 11.4. The van der Waals surface area contributed by atoms with E-state index in [4.69, 9.17) is 18.5 Å². The Hall–Kier alpha value is -0.340. The normalized spacial score (nSPS) is 11.8. The third-order valence-corrected chi connectivity index (χ3v) is 6.03. The highest BCUT2D eigenvalue weighted by Crippen LogP contribution is 2.48. The SMILES string of the molecule is CCOP(=O)(CCC[N+](C)(C)c1ccc(OC)c(OC)c1)OCC.[I-]. The highest BCUT2D eigenvalue weighted by molar-refractivity contribution is 7.53. The molecule has 0 atom stereocenters. The van der Waals surface area contributed by atoms with Gasteiger partial charge >= 0.3 is 7.60 Å². The van der Waals surface area contributed by atoms with E-state index in [1.807, 2.05) is 32.0 Å². The molecule has 0 aliphatic carbocycles. The van der Waals surface area contributed by atoms with Gasteiger partial charge in [0.1, 0.15) is 5.69 Å². The number of methoxy groups -OCH3 is 2. The summed E-state index contributed by atoms with van der Waals surface area (Å²) >= 11 is 0. The van der Waals surface area contributed by atoms with Crippen molar-refractivity contribution in [2.75, 3.05) is 54.2 Å². The lowest BCUT2D eigenvalue weighted by molar-refractivity contribution is -0.0000108. The summed E-state index contributed by atoms with van der Waals surface area (Å²) in [6, 6.07) is 5.90. The van der Waals surface area contributed by atoms with Gasteiger partial charge in [0, 0.05) is 18.6 Å². The summed E-state index contributed by atoms with van der Waals surface area (Å²) in [5.74, 6) is 1.41. The predicted octanol–water partition coefficient (Wildman–Crippen LogP) is 0.931. The number of hydrogen-bond acceptors (Lipinski definition) is 5. The Morgan fingerprint density at radius 3 is 2.04 bits per heavy atom. The summed E-state index contributed by atoms with van der Waals surface area (Å²) in [5.41, 5.74) is 1.09. The molecule has 1 aromatic carbocycles. The van der Waals surface area contributed by atoms with Crippen LogP contribution < -0.4 is 37.9 Å². The van der Waals surface area contributed by atoms with Gasteiger partial charge in [0.25, 0.3) is 0 Å². The molecular formula is C17H31INO5P. The van der Waals surface area contributed by atoms with Gasteiger partial charge in [-0.2, -0.15) is 0 Å². The first-order valence-electron chi connectivity index (χ1n) is 8.25. The zero-order valence-electron chi connectivity index (χ0n) is 16.1. The number of nitrogens with zero attached hydrogens (tertiary/aromatic N) is 1. The zero-order valence-corrected chi connectivity index (χ0v) is 19.1. The molecule has 1 rings (SSSR count). The lowest BCUT2D eigenvalue weighted by Gasteiger charge is -2.30. The van der Waals surface area contributed by atoms with E-state index in [1.54, 1.807) is 14.2 Å². The molecule has 0 saturated heterocycles. The maximum atomic E-state index is 12.5. The summed E-state index contributed by atoms with van der Waals surface area (Å²) in [7, 11) is 4.48. The van der Waals surface area contributed by atoms with Crippen molar-refractivity contribution in [3.8, 4) is 11.5 Å². The van der Waals surface area contributed by atoms with Crippen LogP contribution in [0.3, 0.4) is 0 Å². The molecule has 0 unspecified atom stereocenters. The number of halogens is 1. The monoisotopic (exact) mass is 487 g/mol. The third-order valence-electron chi connectivity index (χ3n) is 3.87. The highest BCUT2D eigenvalue weighted by atomic mass is 127. The van der Waals surface area contributed by atoms with Gasteiger partial charge in [-0.25, -0.2) is 0 Å². The topological polar surface area (TPSA) is 54.0 Å². The second-order valence-electron chi connectivity index (χ2n) is 5.97. The van der Waals surface area contributed by atoms with Gasteiger partial charge in [-0.3, -0.25) is 9.05 Å². The molecule has 0 fully saturated rings. The Morgan fingerprint density at radius 2 is 1.56 bits per heavy atom. The highest BCUT2D eigenvalue weighted by Gasteiger charge is 2.26. The van der Waals surface area contributed by atoms with Gasteiger partial charge in [0.2, 0.25) is 0 Å². The van der Waals surface area contributed by atoms with Gasteiger partial charge < -0.3 is 42.5 Å². The van der Waals surface area contributed by atoms with E-state index in [0.29, 0.717) is 35.4 Å². The van der Waals surface area contributed by atoms with Gasteiger partial charge in [-0.15, -0.1) is 0 Å². The number of rotatable bonds is 11. The van der Waals surface area contributed by atoms with Crippen molar-refractivity contribution >= 4 is 13.3 Å². The van der Waals surface area contributed by atoms with E-state index in [2.05, 4.69) is 14.1 Å². The van der Waals surface area contributed by atoms with E-state index in [1.165, 1.54) is 0 Å². The van der Waals surface area contributed by atoms with Crippen molar-refractivity contribution in [1.82, 2.24) is 4.48 Å². The average Bonchev–Trinajstić information content (AvgIpc) is 2.54. The van der Waals surface area contributed by atoms with Crippen molar-refractivity contribution in [3.05, 3.63) is 18.2 Å². The van der Waals surface area contributed by atoms with Gasteiger partial charge in [0.15, 0.2) is 11.5 Å². The number of hydrogen-bond donors (Lipinski definition) is 0. The molecule has 0 aliphatic rings. The first-order valence-corrected chi connectivity index (χ1v) is 9.98. The van der Waals surface area contributed by atoms with Crippen molar-refractivity contribution in [3.63, 3.8) is 0 Å². The molecule has 25 heavy (non-hydrogen) atoms. The molecule has 0 saturated carbocycles. The number of benzene rings is 1. The molecule has 0 heterocycles. The first-order chi connectivity index (χ1) is 11.3. The van der Waals surface area contributed by atoms with Crippen LogP contribution in [0, 0.1) is 0 Å². The second-order valence-corrected chi connectivity index (χ2v) is 8.16. The summed E-state index contributed by atoms with van der Waals surface area (Å²) < 4.78 is 34.5. The first kappa shape index (κ1) is 24.7. The van der Waals surface area contributed by atoms with Crippen LogP contribution in [0.1, 0.15) is 20.3 Å². The molecule has 0 aromatic heterocycles. The molecule has 1 aromatic rings. The maximum absolute atomic E-state index is 12.5. The number of quaternary nitrogens is 1. The maximum Gasteiger partial charge on any atom is 0.330 e. The van der Waals surface area contributed by atoms with Crippen LogP contribution in [-0.4, -0.2) is 54.2 Å². The van der Waals surface area contributed by atoms with E-state index in [9.17, 15) is 4.57 Å². The minimum atomic E-state index is -2.98. The fourth-order valence-corrected chi connectivity index (χ4v) is 4.20. The number of ether oxygens (including phenoxy) is 2. The molecule has 0 spiro atoms. The average molecular weight is 487 g/mol. The minimum absolute atomic E-state index is 0. The molecule has 0 bridgehead atoms. The summed E-state index contributed by atoms with van der Waals surface area (Å²) in [6.07, 6.45) is 1.16. The van der Waals surface area contributed by atoms with Gasteiger partial charge in [0.05, 0.1) is 54.2 Å². The molecule has 0 aliphatic heterocycles. The van der Waals surface area contributed by atoms with E-state index in [0.717, 1.165) is 18.7 Å². The molecule has 6 nitrogen and oxygen atoms in total. The Morgan fingerprint density at radius 1 is 1.00 bits per heavy atom. The minimum Gasteiger partial charge on any atom is -1.00 e. The Bertz CT molecular complexity index is 558. The van der Waals surface area contributed by atoms with Gasteiger partial charge in [-0.05, 0) is 19.9 Å². The predicted molar refractivity (Wildman–Crippen MR) is 98.4 cm³/mol. The Labute approximate surface area is 168 Å². The Kier molecular flexibility index (Phi) is 11.2. The molecule has 8 heteroatoms. The van der Waals surface area contributed by atoms with Crippen LogP contribution in [0.15, 0.2) is 18.2 Å². The molecule has 0 radical (unpaired) electrons. The fourth-order valence-electron chi connectivity index (χ4n) is 2.55. The molecule has 146 valence electrons. The zero-order chi connectivity index (χ0) is 18.2. The quantitative estimate of drug-likeness (QED) is 0.264. The van der Waals surface area contributed by atoms with Crippen LogP contribution >= 0.6 is 7.60 Å². The summed E-state index contributed by atoms with van der Waals surface area (Å²) in [6.45, 7) is 5.25. The lowest BCUT2D eigenvalue weighted by Crippen LogP contribution is -3.00. The fraction of sp³-hybridized carbons (Fsp3) is 0.647. The van der Waals surface area contributed by atoms with E-state index < -0.39 is 7.60 Å². The Balaban J connectivity index is 0.00000576. The molecular weight excluding hydrogens is 456 g/mol. The summed E-state index contributed by atoms with van der Waals surface area (Å²) in [5, 5.41) is 0.